The van der Waals surface area contributed by atoms with Gasteiger partial charge in [0.05, 0.1) is 23.6 Å². The first-order valence-corrected chi connectivity index (χ1v) is 9.00. The molecule has 1 amide bonds. The highest BCUT2D eigenvalue weighted by Crippen LogP contribution is 2.27. The van der Waals surface area contributed by atoms with E-state index in [9.17, 15) is 4.79 Å². The van der Waals surface area contributed by atoms with Crippen molar-refractivity contribution in [1.29, 1.82) is 0 Å². The van der Waals surface area contributed by atoms with E-state index in [1.165, 1.54) is 11.3 Å². The van der Waals surface area contributed by atoms with Crippen LogP contribution in [0.15, 0.2) is 30.3 Å². The molecule has 0 spiro atoms. The first-order chi connectivity index (χ1) is 12.0. The number of aryl methyl sites for hydroxylation is 2. The van der Waals surface area contributed by atoms with Gasteiger partial charge in [-0.25, -0.2) is 9.67 Å². The Morgan fingerprint density at radius 3 is 2.68 bits per heavy atom. The van der Waals surface area contributed by atoms with Gasteiger partial charge >= 0.3 is 0 Å². The van der Waals surface area contributed by atoms with Crippen molar-refractivity contribution >= 4 is 22.4 Å². The molecule has 25 heavy (non-hydrogen) atoms. The first kappa shape index (κ1) is 15.8. The van der Waals surface area contributed by atoms with Crippen LogP contribution in [0.1, 0.15) is 32.3 Å². The Morgan fingerprint density at radius 1 is 1.24 bits per heavy atom. The Labute approximate surface area is 149 Å². The van der Waals surface area contributed by atoms with Crippen LogP contribution in [0.2, 0.25) is 0 Å². The van der Waals surface area contributed by atoms with E-state index in [2.05, 4.69) is 10.1 Å². The maximum absolute atomic E-state index is 12.8. The average molecular weight is 353 g/mol. The molecular weight excluding hydrogens is 334 g/mol. The van der Waals surface area contributed by atoms with Gasteiger partial charge < -0.3 is 10.6 Å². The van der Waals surface area contributed by atoms with Crippen molar-refractivity contribution in [3.63, 3.8) is 0 Å². The Hall–Kier alpha value is -2.67. The number of rotatable bonds is 2. The predicted molar refractivity (Wildman–Crippen MR) is 98.0 cm³/mol. The Kier molecular flexibility index (Phi) is 3.80. The summed E-state index contributed by atoms with van der Waals surface area (Å²) in [5.41, 5.74) is 10.5. The molecule has 0 fully saturated rings. The first-order valence-electron chi connectivity index (χ1n) is 8.18. The summed E-state index contributed by atoms with van der Waals surface area (Å²) in [7, 11) is 0. The highest BCUT2D eigenvalue weighted by Gasteiger charge is 2.24. The van der Waals surface area contributed by atoms with E-state index in [4.69, 9.17) is 5.73 Å². The Bertz CT molecular complexity index is 941. The molecule has 0 saturated heterocycles. The fourth-order valence-corrected chi connectivity index (χ4v) is 4.10. The highest BCUT2D eigenvalue weighted by molar-refractivity contribution is 7.15. The molecular formula is C18H19N5OS. The van der Waals surface area contributed by atoms with Crippen molar-refractivity contribution in [2.45, 2.75) is 26.8 Å². The second-order valence-corrected chi connectivity index (χ2v) is 7.40. The van der Waals surface area contributed by atoms with Crippen molar-refractivity contribution in [2.75, 3.05) is 12.3 Å². The number of fused-ring (bicyclic) bond motifs is 1. The van der Waals surface area contributed by atoms with Gasteiger partial charge in [-0.3, -0.25) is 4.79 Å². The zero-order valence-electron chi connectivity index (χ0n) is 14.2. The minimum atomic E-state index is 0.0394. The number of nitrogens with zero attached hydrogens (tertiary/aromatic N) is 4. The van der Waals surface area contributed by atoms with Crippen molar-refractivity contribution in [3.05, 3.63) is 57.9 Å². The number of carbonyl (C=O) groups excluding carboxylic acids is 1. The minimum Gasteiger partial charge on any atom is -0.375 e. The lowest BCUT2D eigenvalue weighted by atomic mass is 10.1. The number of anilines is 1. The smallest absolute Gasteiger partial charge is 0.254 e. The number of nitrogen functional groups attached to an aromatic ring is 1. The van der Waals surface area contributed by atoms with Gasteiger partial charge in [0.2, 0.25) is 0 Å². The van der Waals surface area contributed by atoms with Crippen molar-refractivity contribution in [2.24, 2.45) is 0 Å². The number of amides is 1. The molecule has 0 saturated carbocycles. The normalized spacial score (nSPS) is 13.8. The zero-order chi connectivity index (χ0) is 17.6. The van der Waals surface area contributed by atoms with Crippen LogP contribution in [0.4, 0.5) is 5.13 Å². The predicted octanol–water partition coefficient (Wildman–Crippen LogP) is 2.73. The Balaban J connectivity index is 1.54. The quantitative estimate of drug-likeness (QED) is 0.768. The van der Waals surface area contributed by atoms with Crippen molar-refractivity contribution in [3.8, 4) is 5.69 Å². The van der Waals surface area contributed by atoms with Gasteiger partial charge in [-0.1, -0.05) is 0 Å². The fraction of sp³-hybridized carbons (Fsp3) is 0.278. The fourth-order valence-electron chi connectivity index (χ4n) is 3.21. The van der Waals surface area contributed by atoms with E-state index in [1.54, 1.807) is 0 Å². The molecule has 0 atom stereocenters. The summed E-state index contributed by atoms with van der Waals surface area (Å²) in [6, 6.07) is 9.64. The standard InChI is InChI=1S/C18H19N5OS/c1-11-9-12(2)23(21-11)14-5-3-13(4-6-14)17(24)22-8-7-15-16(10-22)25-18(19)20-15/h3-6,9H,7-8,10H2,1-2H3,(H2,19,20). The summed E-state index contributed by atoms with van der Waals surface area (Å²) in [5.74, 6) is 0.0394. The van der Waals surface area contributed by atoms with Gasteiger partial charge in [-0.05, 0) is 44.2 Å². The molecule has 2 N–H and O–H groups in total. The van der Waals surface area contributed by atoms with Crippen LogP contribution in [0, 0.1) is 13.8 Å². The molecule has 0 unspecified atom stereocenters. The molecule has 1 aromatic carbocycles. The molecule has 4 rings (SSSR count). The number of benzene rings is 1. The molecule has 0 radical (unpaired) electrons. The summed E-state index contributed by atoms with van der Waals surface area (Å²) in [6.07, 6.45) is 0.763. The van der Waals surface area contributed by atoms with E-state index in [0.717, 1.165) is 34.1 Å². The third-order valence-corrected chi connectivity index (χ3v) is 5.31. The number of aromatic nitrogens is 3. The third-order valence-electron chi connectivity index (χ3n) is 4.40. The van der Waals surface area contributed by atoms with Crippen LogP contribution in [-0.4, -0.2) is 32.1 Å². The summed E-state index contributed by atoms with van der Waals surface area (Å²) < 4.78 is 1.89. The number of hydrogen-bond acceptors (Lipinski definition) is 5. The Morgan fingerprint density at radius 2 is 2.00 bits per heavy atom. The van der Waals surface area contributed by atoms with E-state index < -0.39 is 0 Å². The summed E-state index contributed by atoms with van der Waals surface area (Å²) in [4.78, 5) is 20.1. The van der Waals surface area contributed by atoms with Gasteiger partial charge in [0.25, 0.3) is 5.91 Å². The maximum atomic E-state index is 12.8. The summed E-state index contributed by atoms with van der Waals surface area (Å²) >= 11 is 1.47. The number of thiazole rings is 1. The van der Waals surface area contributed by atoms with E-state index in [-0.39, 0.29) is 5.91 Å². The van der Waals surface area contributed by atoms with E-state index in [1.807, 2.05) is 53.8 Å². The molecule has 6 nitrogen and oxygen atoms in total. The number of carbonyl (C=O) groups is 1. The zero-order valence-corrected chi connectivity index (χ0v) is 15.0. The second-order valence-electron chi connectivity index (χ2n) is 6.28. The number of hydrogen-bond donors (Lipinski definition) is 1. The summed E-state index contributed by atoms with van der Waals surface area (Å²) in [6.45, 7) is 5.25. The lowest BCUT2D eigenvalue weighted by molar-refractivity contribution is 0.0736. The number of nitrogens with two attached hydrogens (primary N) is 1. The summed E-state index contributed by atoms with van der Waals surface area (Å²) in [5, 5.41) is 5.05. The molecule has 128 valence electrons. The van der Waals surface area contributed by atoms with Crippen LogP contribution >= 0.6 is 11.3 Å². The van der Waals surface area contributed by atoms with Crippen LogP contribution in [0.3, 0.4) is 0 Å². The molecule has 7 heteroatoms. The van der Waals surface area contributed by atoms with Gasteiger partial charge in [0.1, 0.15) is 0 Å². The molecule has 0 bridgehead atoms. The minimum absolute atomic E-state index is 0.0394. The SMILES string of the molecule is Cc1cc(C)n(-c2ccc(C(=O)N3CCc4nc(N)sc4C3)cc2)n1. The van der Waals surface area contributed by atoms with E-state index >= 15 is 0 Å². The van der Waals surface area contributed by atoms with Crippen LogP contribution in [0.25, 0.3) is 5.69 Å². The second kappa shape index (κ2) is 6.00. The van der Waals surface area contributed by atoms with Gasteiger partial charge in [-0.15, -0.1) is 11.3 Å². The van der Waals surface area contributed by atoms with Crippen LogP contribution in [-0.2, 0) is 13.0 Å². The van der Waals surface area contributed by atoms with Gasteiger partial charge in [-0.2, -0.15) is 5.10 Å². The molecule has 0 aliphatic carbocycles. The van der Waals surface area contributed by atoms with Crippen LogP contribution in [0.5, 0.6) is 0 Å². The van der Waals surface area contributed by atoms with Crippen molar-refractivity contribution in [1.82, 2.24) is 19.7 Å². The monoisotopic (exact) mass is 353 g/mol. The molecule has 3 aromatic rings. The largest absolute Gasteiger partial charge is 0.375 e. The molecule has 1 aliphatic heterocycles. The topological polar surface area (TPSA) is 77.0 Å². The maximum Gasteiger partial charge on any atom is 0.254 e. The molecule has 2 aromatic heterocycles. The lowest BCUT2D eigenvalue weighted by Crippen LogP contribution is -2.35. The third kappa shape index (κ3) is 2.91. The average Bonchev–Trinajstić information content (AvgIpc) is 3.14. The highest BCUT2D eigenvalue weighted by atomic mass is 32.1. The molecule has 3 heterocycles. The van der Waals surface area contributed by atoms with Crippen molar-refractivity contribution < 1.29 is 4.79 Å². The lowest BCUT2D eigenvalue weighted by Gasteiger charge is -2.26. The van der Waals surface area contributed by atoms with Gasteiger partial charge in [0, 0.05) is 29.1 Å². The van der Waals surface area contributed by atoms with E-state index in [0.29, 0.717) is 23.8 Å². The van der Waals surface area contributed by atoms with Crippen LogP contribution < -0.4 is 5.73 Å². The molecule has 1 aliphatic rings. The van der Waals surface area contributed by atoms with Gasteiger partial charge in [0.15, 0.2) is 5.13 Å².